The molecule has 1 fully saturated rings. The van der Waals surface area contributed by atoms with Gasteiger partial charge in [-0.25, -0.2) is 8.98 Å². The molecule has 3 amide bonds. The normalized spacial score (nSPS) is 26.6. The number of amides is 3. The van der Waals surface area contributed by atoms with Crippen LogP contribution in [0.1, 0.15) is 126 Å². The van der Waals surface area contributed by atoms with Crippen molar-refractivity contribution < 1.29 is 55.7 Å². The fourth-order valence-corrected chi connectivity index (χ4v) is 6.33. The maximum absolute atomic E-state index is 13.6. The number of ether oxygens (including phenoxy) is 2. The molecule has 1 rings (SSSR count). The lowest BCUT2D eigenvalue weighted by atomic mass is 9.86. The Morgan fingerprint density at radius 1 is 0.820 bits per heavy atom. The smallest absolute Gasteiger partial charge is 0.397 e. The third-order valence-electron chi connectivity index (χ3n) is 9.03. The van der Waals surface area contributed by atoms with E-state index in [9.17, 15) is 42.0 Å². The highest BCUT2D eigenvalue weighted by atomic mass is 32.3. The standard InChI is InChI=1S/C34H61N3O12S/c1-8-9-10-11-12-13-14-15-16-17-18-19-27-22(4)30(39)23(5)31(40)36-28(21(2)3)32(41)37-29(24(6)49-50(44,45)46)33(42)35-26(34(43)48-27)20-47-25(7)38/h21-24,26-30,39H,8-20H2,1-7H3,(H,35,42)(H,36,40)(H,37,41)(H,44,45,46). The zero-order valence-electron chi connectivity index (χ0n) is 30.8. The molecule has 0 aromatic heterocycles. The van der Waals surface area contributed by atoms with Gasteiger partial charge < -0.3 is 30.5 Å². The van der Waals surface area contributed by atoms with Crippen molar-refractivity contribution in [1.82, 2.24) is 16.0 Å². The third-order valence-corrected chi connectivity index (χ3v) is 9.58. The molecule has 0 aromatic rings. The molecule has 1 aliphatic heterocycles. The first-order valence-electron chi connectivity index (χ1n) is 18.0. The van der Waals surface area contributed by atoms with E-state index in [0.29, 0.717) is 12.8 Å². The summed E-state index contributed by atoms with van der Waals surface area (Å²) in [5, 5.41) is 18.6. The highest BCUT2D eigenvalue weighted by Gasteiger charge is 2.40. The van der Waals surface area contributed by atoms with Crippen LogP contribution in [0.5, 0.6) is 0 Å². The predicted octanol–water partition coefficient (Wildman–Crippen LogP) is 3.13. The van der Waals surface area contributed by atoms with Gasteiger partial charge in [0.05, 0.1) is 12.0 Å². The molecule has 0 spiro atoms. The number of carbonyl (C=O) groups is 5. The zero-order valence-corrected chi connectivity index (χ0v) is 31.6. The number of esters is 2. The van der Waals surface area contributed by atoms with Crippen LogP contribution in [0.2, 0.25) is 0 Å². The van der Waals surface area contributed by atoms with Crippen molar-refractivity contribution in [2.75, 3.05) is 6.61 Å². The van der Waals surface area contributed by atoms with E-state index in [2.05, 4.69) is 27.1 Å². The molecular weight excluding hydrogens is 674 g/mol. The van der Waals surface area contributed by atoms with Crippen molar-refractivity contribution in [3.8, 4) is 0 Å². The quantitative estimate of drug-likeness (QED) is 0.0778. The zero-order chi connectivity index (χ0) is 38.0. The van der Waals surface area contributed by atoms with Crippen LogP contribution in [0.4, 0.5) is 0 Å². The van der Waals surface area contributed by atoms with Gasteiger partial charge in [-0.15, -0.1) is 0 Å². The van der Waals surface area contributed by atoms with Gasteiger partial charge >= 0.3 is 22.3 Å². The molecule has 16 heteroatoms. The Balaban J connectivity index is 3.35. The summed E-state index contributed by atoms with van der Waals surface area (Å²) in [5.74, 6) is -6.86. The molecule has 0 bridgehead atoms. The fourth-order valence-electron chi connectivity index (χ4n) is 5.84. The highest BCUT2D eigenvalue weighted by Crippen LogP contribution is 2.25. The molecule has 290 valence electrons. The average Bonchev–Trinajstić information content (AvgIpc) is 3.03. The maximum Gasteiger partial charge on any atom is 0.397 e. The van der Waals surface area contributed by atoms with E-state index in [4.69, 9.17) is 9.47 Å². The number of carbonyl (C=O) groups excluding carboxylic acids is 5. The van der Waals surface area contributed by atoms with Gasteiger partial charge in [-0.05, 0) is 25.7 Å². The topological polar surface area (TPSA) is 224 Å². The summed E-state index contributed by atoms with van der Waals surface area (Å²) in [5.41, 5.74) is 0. The first kappa shape index (κ1) is 45.2. The largest absolute Gasteiger partial charge is 0.463 e. The second-order valence-electron chi connectivity index (χ2n) is 13.7. The van der Waals surface area contributed by atoms with E-state index in [-0.39, 0.29) is 0 Å². The minimum absolute atomic E-state index is 0.333. The van der Waals surface area contributed by atoms with Gasteiger partial charge in [-0.1, -0.05) is 98.8 Å². The summed E-state index contributed by atoms with van der Waals surface area (Å²) in [7, 11) is -5.10. The van der Waals surface area contributed by atoms with Crippen molar-refractivity contribution in [1.29, 1.82) is 0 Å². The maximum atomic E-state index is 13.6. The lowest BCUT2D eigenvalue weighted by Crippen LogP contribution is -2.61. The molecule has 1 aliphatic rings. The Hall–Kier alpha value is -2.82. The summed E-state index contributed by atoms with van der Waals surface area (Å²) < 4.78 is 47.7. The van der Waals surface area contributed by atoms with Crippen LogP contribution in [-0.4, -0.2) is 90.8 Å². The number of nitrogens with one attached hydrogen (secondary N) is 3. The first-order valence-corrected chi connectivity index (χ1v) is 19.3. The van der Waals surface area contributed by atoms with E-state index >= 15 is 0 Å². The molecule has 15 nitrogen and oxygen atoms in total. The Kier molecular flexibility index (Phi) is 20.7. The van der Waals surface area contributed by atoms with Crippen LogP contribution < -0.4 is 16.0 Å². The minimum atomic E-state index is -5.10. The van der Waals surface area contributed by atoms with Gasteiger partial charge in [0.25, 0.3) is 0 Å². The van der Waals surface area contributed by atoms with E-state index in [1.54, 1.807) is 20.8 Å². The predicted molar refractivity (Wildman–Crippen MR) is 185 cm³/mol. The van der Waals surface area contributed by atoms with Crippen LogP contribution >= 0.6 is 0 Å². The molecule has 8 atom stereocenters. The van der Waals surface area contributed by atoms with E-state index in [0.717, 1.165) is 39.5 Å². The van der Waals surface area contributed by atoms with Crippen molar-refractivity contribution in [3.05, 3.63) is 0 Å². The molecule has 8 unspecified atom stereocenters. The monoisotopic (exact) mass is 735 g/mol. The number of hydrogen-bond donors (Lipinski definition) is 5. The highest BCUT2D eigenvalue weighted by molar-refractivity contribution is 7.80. The molecule has 1 heterocycles. The van der Waals surface area contributed by atoms with Crippen LogP contribution in [0, 0.1) is 17.8 Å². The van der Waals surface area contributed by atoms with Crippen molar-refractivity contribution >= 4 is 40.1 Å². The minimum Gasteiger partial charge on any atom is -0.463 e. The Morgan fingerprint density at radius 3 is 1.82 bits per heavy atom. The molecule has 0 aromatic carbocycles. The van der Waals surface area contributed by atoms with Crippen molar-refractivity contribution in [2.24, 2.45) is 17.8 Å². The van der Waals surface area contributed by atoms with Gasteiger partial charge in [0.15, 0.2) is 6.04 Å². The summed E-state index contributed by atoms with van der Waals surface area (Å²) in [4.78, 5) is 65.6. The Bertz CT molecular complexity index is 1200. The van der Waals surface area contributed by atoms with Crippen LogP contribution in [-0.2, 0) is 48.0 Å². The number of aliphatic hydroxyl groups excluding tert-OH is 1. The first-order chi connectivity index (χ1) is 23.4. The lowest BCUT2D eigenvalue weighted by Gasteiger charge is -2.32. The van der Waals surface area contributed by atoms with Gasteiger partial charge in [0.1, 0.15) is 30.9 Å². The van der Waals surface area contributed by atoms with Crippen molar-refractivity contribution in [2.45, 2.75) is 162 Å². The van der Waals surface area contributed by atoms with Gasteiger partial charge in [0.2, 0.25) is 17.7 Å². The van der Waals surface area contributed by atoms with E-state index in [1.165, 1.54) is 45.4 Å². The number of cyclic esters (lactones) is 1. The molecule has 0 aliphatic carbocycles. The summed E-state index contributed by atoms with van der Waals surface area (Å²) in [6, 6.07) is -4.68. The van der Waals surface area contributed by atoms with Crippen LogP contribution in [0.15, 0.2) is 0 Å². The lowest BCUT2D eigenvalue weighted by molar-refractivity contribution is -0.162. The average molecular weight is 736 g/mol. The Labute approximate surface area is 297 Å². The van der Waals surface area contributed by atoms with Gasteiger partial charge in [-0.2, -0.15) is 8.42 Å². The SMILES string of the molecule is CCCCCCCCCCCCCC1OC(=O)C(COC(C)=O)NC(=O)C(C(C)OS(=O)(=O)O)NC(=O)C(C(C)C)NC(=O)C(C)C(O)C1C. The Morgan fingerprint density at radius 2 is 1.32 bits per heavy atom. The number of rotatable bonds is 18. The fraction of sp³-hybridized carbons (Fsp3) is 0.853. The molecule has 0 radical (unpaired) electrons. The number of aliphatic hydroxyl groups is 1. The van der Waals surface area contributed by atoms with Crippen LogP contribution in [0.3, 0.4) is 0 Å². The van der Waals surface area contributed by atoms with Gasteiger partial charge in [0, 0.05) is 12.8 Å². The molecular formula is C34H61N3O12S. The van der Waals surface area contributed by atoms with Crippen molar-refractivity contribution in [3.63, 3.8) is 0 Å². The van der Waals surface area contributed by atoms with E-state index in [1.807, 2.05) is 0 Å². The second kappa shape index (κ2) is 22.9. The van der Waals surface area contributed by atoms with Gasteiger partial charge in [-0.3, -0.25) is 23.7 Å². The molecule has 0 saturated carbocycles. The number of hydrogen-bond acceptors (Lipinski definition) is 11. The molecule has 5 N–H and O–H groups in total. The summed E-state index contributed by atoms with van der Waals surface area (Å²) in [6.45, 7) is 10.1. The molecule has 1 saturated heterocycles. The third kappa shape index (κ3) is 16.9. The summed E-state index contributed by atoms with van der Waals surface area (Å²) in [6.07, 6.45) is 8.47. The molecule has 50 heavy (non-hydrogen) atoms. The summed E-state index contributed by atoms with van der Waals surface area (Å²) >= 11 is 0. The number of unbranched alkanes of at least 4 members (excludes halogenated alkanes) is 10. The second-order valence-corrected chi connectivity index (χ2v) is 14.8. The van der Waals surface area contributed by atoms with E-state index < -0.39 is 101 Å². The van der Waals surface area contributed by atoms with Crippen LogP contribution in [0.25, 0.3) is 0 Å².